The zero-order valence-electron chi connectivity index (χ0n) is 12.1. The molecule has 0 radical (unpaired) electrons. The summed E-state index contributed by atoms with van der Waals surface area (Å²) in [4.78, 5) is 12.1. The van der Waals surface area contributed by atoms with E-state index in [0.29, 0.717) is 13.1 Å². The van der Waals surface area contributed by atoms with Crippen molar-refractivity contribution in [3.05, 3.63) is 66.2 Å². The predicted octanol–water partition coefficient (Wildman–Crippen LogP) is 2.60. The number of benzene rings is 2. The lowest BCUT2D eigenvalue weighted by Gasteiger charge is -2.16. The quantitative estimate of drug-likeness (QED) is 0.768. The molecule has 0 aliphatic rings. The summed E-state index contributed by atoms with van der Waals surface area (Å²) in [5.74, 6) is -0.126. The molecule has 4 nitrogen and oxygen atoms in total. The molecule has 0 aromatic heterocycles. The lowest BCUT2D eigenvalue weighted by molar-refractivity contribution is -0.131. The van der Waals surface area contributed by atoms with Gasteiger partial charge in [0, 0.05) is 25.9 Å². The fourth-order valence-corrected chi connectivity index (χ4v) is 2.06. The highest BCUT2D eigenvalue weighted by Gasteiger charge is 2.18. The van der Waals surface area contributed by atoms with Gasteiger partial charge in [0.15, 0.2) is 6.10 Å². The van der Waals surface area contributed by atoms with Crippen molar-refractivity contribution in [2.24, 2.45) is 0 Å². The molecule has 0 saturated carbocycles. The van der Waals surface area contributed by atoms with Crippen LogP contribution in [0.2, 0.25) is 0 Å². The highest BCUT2D eigenvalue weighted by Crippen LogP contribution is 2.15. The number of carbonyl (C=O) groups is 1. The Morgan fingerprint density at radius 2 is 1.62 bits per heavy atom. The van der Waals surface area contributed by atoms with Gasteiger partial charge >= 0.3 is 0 Å². The minimum absolute atomic E-state index is 0.126. The van der Waals surface area contributed by atoms with Gasteiger partial charge in [0.2, 0.25) is 0 Å². The van der Waals surface area contributed by atoms with E-state index in [1.165, 1.54) is 0 Å². The zero-order chi connectivity index (χ0) is 14.9. The van der Waals surface area contributed by atoms with E-state index in [9.17, 15) is 4.79 Å². The molecule has 0 bridgehead atoms. The molecule has 1 atom stereocenters. The Balaban J connectivity index is 1.78. The van der Waals surface area contributed by atoms with E-state index < -0.39 is 6.10 Å². The monoisotopic (exact) mass is 284 g/mol. The van der Waals surface area contributed by atoms with Crippen LogP contribution in [0.3, 0.4) is 0 Å². The van der Waals surface area contributed by atoms with Crippen LogP contribution in [0.5, 0.6) is 0 Å². The van der Waals surface area contributed by atoms with Crippen LogP contribution >= 0.6 is 0 Å². The van der Waals surface area contributed by atoms with Crippen molar-refractivity contribution in [1.29, 1.82) is 0 Å². The number of methoxy groups -OCH3 is 1. The Labute approximate surface area is 125 Å². The SMILES string of the molecule is CO[C@H](C(=O)NCCNc1ccccc1)c1ccccc1. The van der Waals surface area contributed by atoms with Crippen LogP contribution in [-0.2, 0) is 9.53 Å². The van der Waals surface area contributed by atoms with Crippen LogP contribution in [0.4, 0.5) is 5.69 Å². The Bertz CT molecular complexity index is 543. The average Bonchev–Trinajstić information content (AvgIpc) is 2.54. The summed E-state index contributed by atoms with van der Waals surface area (Å²) in [6.45, 7) is 1.21. The summed E-state index contributed by atoms with van der Waals surface area (Å²) in [7, 11) is 1.54. The van der Waals surface area contributed by atoms with Crippen LogP contribution < -0.4 is 10.6 Å². The molecule has 0 aliphatic carbocycles. The Morgan fingerprint density at radius 1 is 1.00 bits per heavy atom. The van der Waals surface area contributed by atoms with E-state index in [1.54, 1.807) is 7.11 Å². The van der Waals surface area contributed by atoms with Crippen molar-refractivity contribution in [2.75, 3.05) is 25.5 Å². The molecule has 2 aromatic carbocycles. The molecule has 4 heteroatoms. The maximum atomic E-state index is 12.1. The standard InChI is InChI=1S/C17H20N2O2/c1-21-16(14-8-4-2-5-9-14)17(20)19-13-12-18-15-10-6-3-7-11-15/h2-11,16,18H,12-13H2,1H3,(H,19,20)/t16-/m0/s1. The number of rotatable bonds is 7. The molecule has 0 unspecified atom stereocenters. The van der Waals surface area contributed by atoms with Gasteiger partial charge in [-0.2, -0.15) is 0 Å². The summed E-state index contributed by atoms with van der Waals surface area (Å²) in [6.07, 6.45) is -0.567. The molecule has 2 aromatic rings. The largest absolute Gasteiger partial charge is 0.383 e. The van der Waals surface area contributed by atoms with E-state index in [2.05, 4.69) is 10.6 Å². The molecule has 2 N–H and O–H groups in total. The molecule has 0 spiro atoms. The van der Waals surface area contributed by atoms with Crippen LogP contribution in [0.1, 0.15) is 11.7 Å². The second kappa shape index (κ2) is 8.07. The third-order valence-electron chi connectivity index (χ3n) is 3.10. The van der Waals surface area contributed by atoms with E-state index in [0.717, 1.165) is 11.3 Å². The Hall–Kier alpha value is -2.33. The molecular formula is C17H20N2O2. The summed E-state index contributed by atoms with van der Waals surface area (Å²) >= 11 is 0. The molecular weight excluding hydrogens is 264 g/mol. The number of carbonyl (C=O) groups excluding carboxylic acids is 1. The number of hydrogen-bond acceptors (Lipinski definition) is 3. The number of nitrogens with one attached hydrogen (secondary N) is 2. The Morgan fingerprint density at radius 3 is 2.24 bits per heavy atom. The van der Waals surface area contributed by atoms with Gasteiger partial charge in [0.1, 0.15) is 0 Å². The van der Waals surface area contributed by atoms with Gasteiger partial charge in [-0.05, 0) is 17.7 Å². The first-order valence-electron chi connectivity index (χ1n) is 6.95. The van der Waals surface area contributed by atoms with Gasteiger partial charge < -0.3 is 15.4 Å². The number of ether oxygens (including phenoxy) is 1. The minimum atomic E-state index is -0.567. The molecule has 0 aliphatic heterocycles. The normalized spacial score (nSPS) is 11.7. The first-order valence-corrected chi connectivity index (χ1v) is 6.95. The summed E-state index contributed by atoms with van der Waals surface area (Å²) in [6, 6.07) is 19.4. The van der Waals surface area contributed by atoms with Crippen LogP contribution in [-0.4, -0.2) is 26.1 Å². The third kappa shape index (κ3) is 4.61. The molecule has 1 amide bonds. The van der Waals surface area contributed by atoms with Crippen molar-refractivity contribution in [3.63, 3.8) is 0 Å². The molecule has 21 heavy (non-hydrogen) atoms. The van der Waals surface area contributed by atoms with Crippen molar-refractivity contribution >= 4 is 11.6 Å². The van der Waals surface area contributed by atoms with Crippen LogP contribution in [0.25, 0.3) is 0 Å². The van der Waals surface area contributed by atoms with Crippen molar-refractivity contribution in [1.82, 2.24) is 5.32 Å². The fraction of sp³-hybridized carbons (Fsp3) is 0.235. The zero-order valence-corrected chi connectivity index (χ0v) is 12.1. The second-order valence-electron chi connectivity index (χ2n) is 4.61. The lowest BCUT2D eigenvalue weighted by atomic mass is 10.1. The lowest BCUT2D eigenvalue weighted by Crippen LogP contribution is -2.33. The summed E-state index contributed by atoms with van der Waals surface area (Å²) in [5.41, 5.74) is 1.90. The highest BCUT2D eigenvalue weighted by atomic mass is 16.5. The number of amides is 1. The molecule has 0 fully saturated rings. The number of anilines is 1. The maximum absolute atomic E-state index is 12.1. The minimum Gasteiger partial charge on any atom is -0.383 e. The maximum Gasteiger partial charge on any atom is 0.253 e. The van der Waals surface area contributed by atoms with E-state index in [-0.39, 0.29) is 5.91 Å². The topological polar surface area (TPSA) is 50.4 Å². The van der Waals surface area contributed by atoms with Gasteiger partial charge in [0.25, 0.3) is 5.91 Å². The van der Waals surface area contributed by atoms with Gasteiger partial charge in [0.05, 0.1) is 0 Å². The number of hydrogen-bond donors (Lipinski definition) is 2. The van der Waals surface area contributed by atoms with E-state index in [1.807, 2.05) is 60.7 Å². The highest BCUT2D eigenvalue weighted by molar-refractivity contribution is 5.82. The fourth-order valence-electron chi connectivity index (χ4n) is 2.06. The van der Waals surface area contributed by atoms with Crippen molar-refractivity contribution in [3.8, 4) is 0 Å². The van der Waals surface area contributed by atoms with Crippen LogP contribution in [0, 0.1) is 0 Å². The first kappa shape index (κ1) is 15.1. The number of para-hydroxylation sites is 1. The predicted molar refractivity (Wildman–Crippen MR) is 84.1 cm³/mol. The van der Waals surface area contributed by atoms with Gasteiger partial charge in [-0.15, -0.1) is 0 Å². The first-order chi connectivity index (χ1) is 10.3. The summed E-state index contributed by atoms with van der Waals surface area (Å²) in [5, 5.41) is 6.12. The second-order valence-corrected chi connectivity index (χ2v) is 4.61. The van der Waals surface area contributed by atoms with Crippen molar-refractivity contribution in [2.45, 2.75) is 6.10 Å². The van der Waals surface area contributed by atoms with E-state index >= 15 is 0 Å². The molecule has 110 valence electrons. The molecule has 0 heterocycles. The van der Waals surface area contributed by atoms with E-state index in [4.69, 9.17) is 4.74 Å². The van der Waals surface area contributed by atoms with Gasteiger partial charge in [-0.3, -0.25) is 4.79 Å². The van der Waals surface area contributed by atoms with Crippen LogP contribution in [0.15, 0.2) is 60.7 Å². The third-order valence-corrected chi connectivity index (χ3v) is 3.10. The smallest absolute Gasteiger partial charge is 0.253 e. The molecule has 2 rings (SSSR count). The summed E-state index contributed by atoms with van der Waals surface area (Å²) < 4.78 is 5.28. The van der Waals surface area contributed by atoms with Gasteiger partial charge in [-0.25, -0.2) is 0 Å². The average molecular weight is 284 g/mol. The molecule has 0 saturated heterocycles. The van der Waals surface area contributed by atoms with Crippen molar-refractivity contribution < 1.29 is 9.53 Å². The van der Waals surface area contributed by atoms with Gasteiger partial charge in [-0.1, -0.05) is 48.5 Å². The Kier molecular flexibility index (Phi) is 5.79.